The summed E-state index contributed by atoms with van der Waals surface area (Å²) in [5.74, 6) is -1.59. The highest BCUT2D eigenvalue weighted by Crippen LogP contribution is 2.19. The van der Waals surface area contributed by atoms with Crippen LogP contribution in [0, 0.1) is 0 Å². The summed E-state index contributed by atoms with van der Waals surface area (Å²) in [6.07, 6.45) is 0. The molecule has 152 valence electrons. The van der Waals surface area contributed by atoms with Gasteiger partial charge >= 0.3 is 11.9 Å². The van der Waals surface area contributed by atoms with Gasteiger partial charge in [0, 0.05) is 24.5 Å². The van der Waals surface area contributed by atoms with E-state index in [-0.39, 0.29) is 5.56 Å². The largest absolute Gasteiger partial charge is 0.465 e. The fourth-order valence-electron chi connectivity index (χ4n) is 2.85. The van der Waals surface area contributed by atoms with Crippen molar-refractivity contribution in [2.75, 3.05) is 50.2 Å². The molecule has 1 saturated heterocycles. The Balaban J connectivity index is 1.47. The summed E-state index contributed by atoms with van der Waals surface area (Å²) in [7, 11) is 1.28. The Labute approximate surface area is 168 Å². The van der Waals surface area contributed by atoms with Crippen LogP contribution < -0.4 is 10.2 Å². The molecule has 0 spiro atoms. The lowest BCUT2D eigenvalue weighted by Crippen LogP contribution is -2.36. The summed E-state index contributed by atoms with van der Waals surface area (Å²) in [5.41, 5.74) is 2.24. The third-order valence-electron chi connectivity index (χ3n) is 4.40. The number of nitrogens with zero attached hydrogens (tertiary/aromatic N) is 1. The number of esters is 2. The molecule has 0 aromatic heterocycles. The molecule has 8 nitrogen and oxygen atoms in total. The third kappa shape index (κ3) is 5.55. The Morgan fingerprint density at radius 3 is 2.10 bits per heavy atom. The van der Waals surface area contributed by atoms with Crippen molar-refractivity contribution in [2.24, 2.45) is 0 Å². The van der Waals surface area contributed by atoms with Gasteiger partial charge < -0.3 is 24.4 Å². The van der Waals surface area contributed by atoms with E-state index >= 15 is 0 Å². The Hall–Kier alpha value is -3.39. The van der Waals surface area contributed by atoms with Crippen molar-refractivity contribution in [3.8, 4) is 0 Å². The van der Waals surface area contributed by atoms with Crippen LogP contribution in [0.1, 0.15) is 20.7 Å². The summed E-state index contributed by atoms with van der Waals surface area (Å²) < 4.78 is 15.0. The molecule has 0 saturated carbocycles. The molecule has 8 heteroatoms. The minimum atomic E-state index is -0.653. The number of methoxy groups -OCH3 is 1. The van der Waals surface area contributed by atoms with Crippen molar-refractivity contribution in [1.82, 2.24) is 0 Å². The lowest BCUT2D eigenvalue weighted by Gasteiger charge is -2.28. The lowest BCUT2D eigenvalue weighted by molar-refractivity contribution is -0.119. The van der Waals surface area contributed by atoms with Crippen molar-refractivity contribution in [2.45, 2.75) is 0 Å². The number of anilines is 2. The number of amides is 1. The predicted molar refractivity (Wildman–Crippen MR) is 106 cm³/mol. The maximum absolute atomic E-state index is 12.0. The molecule has 0 aliphatic carbocycles. The van der Waals surface area contributed by atoms with Gasteiger partial charge in [0.05, 0.1) is 31.5 Å². The molecule has 1 N–H and O–H groups in total. The Bertz CT molecular complexity index is 858. The second-order valence-electron chi connectivity index (χ2n) is 6.34. The van der Waals surface area contributed by atoms with Crippen LogP contribution >= 0.6 is 0 Å². The van der Waals surface area contributed by atoms with E-state index in [1.165, 1.54) is 31.4 Å². The van der Waals surface area contributed by atoms with Crippen molar-refractivity contribution >= 4 is 29.2 Å². The zero-order valence-electron chi connectivity index (χ0n) is 16.1. The molecule has 1 aliphatic heterocycles. The first-order chi connectivity index (χ1) is 14.1. The van der Waals surface area contributed by atoms with E-state index < -0.39 is 24.5 Å². The Morgan fingerprint density at radius 2 is 1.52 bits per heavy atom. The van der Waals surface area contributed by atoms with E-state index in [1.807, 2.05) is 12.1 Å². The molecule has 2 aromatic rings. The molecular formula is C21H22N2O6. The van der Waals surface area contributed by atoms with Gasteiger partial charge in [-0.25, -0.2) is 9.59 Å². The number of carbonyl (C=O) groups excluding carboxylic acids is 3. The number of nitrogens with one attached hydrogen (secondary N) is 1. The van der Waals surface area contributed by atoms with Gasteiger partial charge in [0.2, 0.25) is 0 Å². The van der Waals surface area contributed by atoms with Crippen LogP contribution in [0.5, 0.6) is 0 Å². The van der Waals surface area contributed by atoms with Crippen molar-refractivity contribution in [3.05, 3.63) is 59.7 Å². The molecular weight excluding hydrogens is 376 g/mol. The molecule has 1 aliphatic rings. The monoisotopic (exact) mass is 398 g/mol. The van der Waals surface area contributed by atoms with Crippen LogP contribution in [0.2, 0.25) is 0 Å². The van der Waals surface area contributed by atoms with Gasteiger partial charge in [0.25, 0.3) is 5.91 Å². The molecule has 1 heterocycles. The maximum Gasteiger partial charge on any atom is 0.338 e. The average molecular weight is 398 g/mol. The van der Waals surface area contributed by atoms with E-state index in [1.54, 1.807) is 12.1 Å². The van der Waals surface area contributed by atoms with Crippen LogP contribution in [0.15, 0.2) is 48.5 Å². The van der Waals surface area contributed by atoms with Gasteiger partial charge in [-0.05, 0) is 48.5 Å². The molecule has 1 amide bonds. The second kappa shape index (κ2) is 9.70. The SMILES string of the molecule is COC(=O)c1ccc(C(=O)OCC(=O)Nc2ccc(N3CCOCC3)cc2)cc1. The fraction of sp³-hybridized carbons (Fsp3) is 0.286. The molecule has 0 bridgehead atoms. The van der Waals surface area contributed by atoms with E-state index in [0.717, 1.165) is 18.8 Å². The summed E-state index contributed by atoms with van der Waals surface area (Å²) in [6, 6.07) is 13.3. The predicted octanol–water partition coefficient (Wildman–Crippen LogP) is 2.11. The van der Waals surface area contributed by atoms with Crippen LogP contribution in [-0.4, -0.2) is 57.9 Å². The normalized spacial score (nSPS) is 13.5. The lowest BCUT2D eigenvalue weighted by atomic mass is 10.1. The van der Waals surface area contributed by atoms with E-state index in [4.69, 9.17) is 9.47 Å². The average Bonchev–Trinajstić information content (AvgIpc) is 2.78. The van der Waals surface area contributed by atoms with E-state index in [0.29, 0.717) is 24.5 Å². The fourth-order valence-corrected chi connectivity index (χ4v) is 2.85. The Morgan fingerprint density at radius 1 is 0.931 bits per heavy atom. The summed E-state index contributed by atoms with van der Waals surface area (Å²) in [4.78, 5) is 37.7. The van der Waals surface area contributed by atoms with Gasteiger partial charge in [-0.2, -0.15) is 0 Å². The standard InChI is InChI=1S/C21H22N2O6/c1-27-20(25)15-2-4-16(5-3-15)21(26)29-14-19(24)22-17-6-8-18(9-7-17)23-10-12-28-13-11-23/h2-9H,10-14H2,1H3,(H,22,24). The summed E-state index contributed by atoms with van der Waals surface area (Å²) in [6.45, 7) is 2.66. The second-order valence-corrected chi connectivity index (χ2v) is 6.34. The molecule has 3 rings (SSSR count). The van der Waals surface area contributed by atoms with Crippen molar-refractivity contribution in [1.29, 1.82) is 0 Å². The van der Waals surface area contributed by atoms with Gasteiger partial charge in [-0.3, -0.25) is 4.79 Å². The van der Waals surface area contributed by atoms with Crippen LogP contribution in [0.25, 0.3) is 0 Å². The Kier molecular flexibility index (Phi) is 6.80. The first-order valence-electron chi connectivity index (χ1n) is 9.15. The maximum atomic E-state index is 12.0. The smallest absolute Gasteiger partial charge is 0.338 e. The van der Waals surface area contributed by atoms with Crippen molar-refractivity contribution in [3.63, 3.8) is 0 Å². The first kappa shape index (κ1) is 20.3. The zero-order chi connectivity index (χ0) is 20.6. The highest BCUT2D eigenvalue weighted by atomic mass is 16.5. The van der Waals surface area contributed by atoms with Gasteiger partial charge in [0.15, 0.2) is 6.61 Å². The molecule has 1 fully saturated rings. The quantitative estimate of drug-likeness (QED) is 0.745. The number of benzene rings is 2. The van der Waals surface area contributed by atoms with Crippen LogP contribution in [-0.2, 0) is 19.0 Å². The van der Waals surface area contributed by atoms with E-state index in [2.05, 4.69) is 15.0 Å². The van der Waals surface area contributed by atoms with Crippen molar-refractivity contribution < 1.29 is 28.6 Å². The number of hydrogen-bond acceptors (Lipinski definition) is 7. The first-order valence-corrected chi connectivity index (χ1v) is 9.15. The number of ether oxygens (including phenoxy) is 3. The molecule has 2 aromatic carbocycles. The molecule has 0 unspecified atom stereocenters. The van der Waals surface area contributed by atoms with E-state index in [9.17, 15) is 14.4 Å². The number of carbonyl (C=O) groups is 3. The topological polar surface area (TPSA) is 94.2 Å². The summed E-state index contributed by atoms with van der Waals surface area (Å²) >= 11 is 0. The van der Waals surface area contributed by atoms with Gasteiger partial charge in [-0.15, -0.1) is 0 Å². The van der Waals surface area contributed by atoms with Crippen LogP contribution in [0.3, 0.4) is 0 Å². The molecule has 0 radical (unpaired) electrons. The van der Waals surface area contributed by atoms with Gasteiger partial charge in [0.1, 0.15) is 0 Å². The number of morpholine rings is 1. The third-order valence-corrected chi connectivity index (χ3v) is 4.40. The number of hydrogen-bond donors (Lipinski definition) is 1. The number of rotatable bonds is 6. The highest BCUT2D eigenvalue weighted by Gasteiger charge is 2.13. The van der Waals surface area contributed by atoms with Crippen LogP contribution in [0.4, 0.5) is 11.4 Å². The molecule has 29 heavy (non-hydrogen) atoms. The minimum Gasteiger partial charge on any atom is -0.465 e. The highest BCUT2D eigenvalue weighted by molar-refractivity contribution is 5.96. The zero-order valence-corrected chi connectivity index (χ0v) is 16.1. The molecule has 0 atom stereocenters. The minimum absolute atomic E-state index is 0.236. The summed E-state index contributed by atoms with van der Waals surface area (Å²) in [5, 5.41) is 2.69. The van der Waals surface area contributed by atoms with Gasteiger partial charge in [-0.1, -0.05) is 0 Å².